The van der Waals surface area contributed by atoms with Crippen molar-refractivity contribution in [1.82, 2.24) is 4.98 Å². The molecular weight excluding hydrogens is 234 g/mol. The predicted octanol–water partition coefficient (Wildman–Crippen LogP) is 3.05. The molecule has 4 rings (SSSR count). The molecule has 19 heavy (non-hydrogen) atoms. The minimum atomic E-state index is 0.803. The molecule has 2 atom stereocenters. The first-order chi connectivity index (χ1) is 9.29. The smallest absolute Gasteiger partial charge is 0.129 e. The molecule has 0 amide bonds. The zero-order valence-corrected chi connectivity index (χ0v) is 11.0. The summed E-state index contributed by atoms with van der Waals surface area (Å²) in [5.41, 5.74) is 7.66. The summed E-state index contributed by atoms with van der Waals surface area (Å²) in [7, 11) is 0. The van der Waals surface area contributed by atoms with Crippen molar-refractivity contribution in [3.05, 3.63) is 30.3 Å². The third kappa shape index (κ3) is 1.84. The van der Waals surface area contributed by atoms with E-state index in [-0.39, 0.29) is 0 Å². The van der Waals surface area contributed by atoms with Crippen LogP contribution in [0.2, 0.25) is 0 Å². The van der Waals surface area contributed by atoms with Gasteiger partial charge < -0.3 is 10.6 Å². The van der Waals surface area contributed by atoms with E-state index in [1.807, 2.05) is 18.2 Å². The van der Waals surface area contributed by atoms with E-state index in [1.165, 1.54) is 32.4 Å². The third-order valence-corrected chi connectivity index (χ3v) is 4.75. The SMILES string of the molecule is Nc1ccc2nc(N3CC4CCCC4C3)ccc2c1. The van der Waals surface area contributed by atoms with Gasteiger partial charge in [0.2, 0.25) is 0 Å². The minimum Gasteiger partial charge on any atom is -0.399 e. The average molecular weight is 253 g/mol. The fourth-order valence-electron chi connectivity index (χ4n) is 3.73. The van der Waals surface area contributed by atoms with Crippen molar-refractivity contribution in [1.29, 1.82) is 0 Å². The van der Waals surface area contributed by atoms with Gasteiger partial charge in [0.25, 0.3) is 0 Å². The number of rotatable bonds is 1. The van der Waals surface area contributed by atoms with Crippen LogP contribution in [0.3, 0.4) is 0 Å². The molecule has 0 radical (unpaired) electrons. The number of pyridine rings is 1. The van der Waals surface area contributed by atoms with Crippen LogP contribution in [0.1, 0.15) is 19.3 Å². The summed E-state index contributed by atoms with van der Waals surface area (Å²) in [6.07, 6.45) is 4.24. The molecule has 1 aliphatic heterocycles. The first-order valence-corrected chi connectivity index (χ1v) is 7.21. The fourth-order valence-corrected chi connectivity index (χ4v) is 3.73. The van der Waals surface area contributed by atoms with Gasteiger partial charge in [-0.3, -0.25) is 0 Å². The summed E-state index contributed by atoms with van der Waals surface area (Å²) in [5, 5.41) is 1.13. The van der Waals surface area contributed by atoms with Crippen LogP contribution in [0.4, 0.5) is 11.5 Å². The number of benzene rings is 1. The van der Waals surface area contributed by atoms with E-state index in [0.717, 1.165) is 34.2 Å². The van der Waals surface area contributed by atoms with E-state index in [1.54, 1.807) is 0 Å². The highest BCUT2D eigenvalue weighted by molar-refractivity contribution is 5.83. The van der Waals surface area contributed by atoms with Crippen molar-refractivity contribution in [3.8, 4) is 0 Å². The number of hydrogen-bond acceptors (Lipinski definition) is 3. The maximum atomic E-state index is 5.81. The number of anilines is 2. The molecule has 2 aromatic rings. The third-order valence-electron chi connectivity index (χ3n) is 4.75. The molecule has 1 aromatic carbocycles. The van der Waals surface area contributed by atoms with Gasteiger partial charge in [-0.05, 0) is 55.0 Å². The van der Waals surface area contributed by atoms with Crippen molar-refractivity contribution in [2.75, 3.05) is 23.7 Å². The molecule has 98 valence electrons. The minimum absolute atomic E-state index is 0.803. The zero-order valence-electron chi connectivity index (χ0n) is 11.0. The van der Waals surface area contributed by atoms with Crippen LogP contribution in [0.15, 0.2) is 30.3 Å². The lowest BCUT2D eigenvalue weighted by molar-refractivity contribution is 0.494. The zero-order chi connectivity index (χ0) is 12.8. The molecule has 0 bridgehead atoms. The van der Waals surface area contributed by atoms with Crippen molar-refractivity contribution in [2.24, 2.45) is 11.8 Å². The molecule has 2 aliphatic rings. The summed E-state index contributed by atoms with van der Waals surface area (Å²) >= 11 is 0. The van der Waals surface area contributed by atoms with Gasteiger partial charge >= 0.3 is 0 Å². The normalized spacial score (nSPS) is 26.0. The standard InChI is InChI=1S/C16H19N3/c17-14-5-6-15-11(8-14)4-7-16(18-15)19-9-12-2-1-3-13(12)10-19/h4-8,12-13H,1-3,9-10,17H2. The van der Waals surface area contributed by atoms with E-state index in [2.05, 4.69) is 17.0 Å². The number of nitrogen functional groups attached to an aromatic ring is 1. The van der Waals surface area contributed by atoms with Gasteiger partial charge in [-0.2, -0.15) is 0 Å². The van der Waals surface area contributed by atoms with Gasteiger partial charge in [-0.25, -0.2) is 4.98 Å². The Morgan fingerprint density at radius 1 is 1.05 bits per heavy atom. The summed E-state index contributed by atoms with van der Waals surface area (Å²) < 4.78 is 0. The molecule has 2 fully saturated rings. The van der Waals surface area contributed by atoms with Gasteiger partial charge in [0, 0.05) is 24.2 Å². The molecule has 1 saturated carbocycles. The number of nitrogens with zero attached hydrogens (tertiary/aromatic N) is 2. The maximum absolute atomic E-state index is 5.81. The monoisotopic (exact) mass is 253 g/mol. The molecule has 1 aliphatic carbocycles. The van der Waals surface area contributed by atoms with E-state index >= 15 is 0 Å². The number of fused-ring (bicyclic) bond motifs is 2. The van der Waals surface area contributed by atoms with Crippen LogP contribution >= 0.6 is 0 Å². The molecule has 2 unspecified atom stereocenters. The average Bonchev–Trinajstić information content (AvgIpc) is 2.98. The van der Waals surface area contributed by atoms with Crippen molar-refractivity contribution in [3.63, 3.8) is 0 Å². The molecular formula is C16H19N3. The Kier molecular flexibility index (Phi) is 2.40. The lowest BCUT2D eigenvalue weighted by Gasteiger charge is -2.18. The molecule has 3 nitrogen and oxygen atoms in total. The molecule has 1 aromatic heterocycles. The Morgan fingerprint density at radius 2 is 1.84 bits per heavy atom. The van der Waals surface area contributed by atoms with E-state index in [0.29, 0.717) is 0 Å². The second-order valence-electron chi connectivity index (χ2n) is 5.98. The summed E-state index contributed by atoms with van der Waals surface area (Å²) in [5.74, 6) is 2.94. The molecule has 1 saturated heterocycles. The molecule has 2 N–H and O–H groups in total. The highest BCUT2D eigenvalue weighted by Crippen LogP contribution is 2.39. The van der Waals surface area contributed by atoms with Crippen LogP contribution in [0, 0.1) is 11.8 Å². The predicted molar refractivity (Wildman–Crippen MR) is 79.2 cm³/mol. The Hall–Kier alpha value is -1.77. The van der Waals surface area contributed by atoms with Gasteiger partial charge in [0.1, 0.15) is 5.82 Å². The largest absolute Gasteiger partial charge is 0.399 e. The van der Waals surface area contributed by atoms with Crippen LogP contribution < -0.4 is 10.6 Å². The maximum Gasteiger partial charge on any atom is 0.129 e. The first kappa shape index (κ1) is 11.1. The first-order valence-electron chi connectivity index (χ1n) is 7.21. The van der Waals surface area contributed by atoms with Gasteiger partial charge in [-0.15, -0.1) is 0 Å². The highest BCUT2D eigenvalue weighted by Gasteiger charge is 2.36. The van der Waals surface area contributed by atoms with Crippen molar-refractivity contribution < 1.29 is 0 Å². The summed E-state index contributed by atoms with van der Waals surface area (Å²) in [4.78, 5) is 7.26. The van der Waals surface area contributed by atoms with E-state index in [4.69, 9.17) is 10.7 Å². The number of hydrogen-bond donors (Lipinski definition) is 1. The highest BCUT2D eigenvalue weighted by atomic mass is 15.2. The van der Waals surface area contributed by atoms with Crippen molar-refractivity contribution in [2.45, 2.75) is 19.3 Å². The number of nitrogens with two attached hydrogens (primary N) is 1. The topological polar surface area (TPSA) is 42.1 Å². The van der Waals surface area contributed by atoms with Crippen molar-refractivity contribution >= 4 is 22.4 Å². The van der Waals surface area contributed by atoms with Crippen LogP contribution in [0.25, 0.3) is 10.9 Å². The number of aromatic nitrogens is 1. The molecule has 3 heteroatoms. The van der Waals surface area contributed by atoms with Crippen LogP contribution in [0.5, 0.6) is 0 Å². The van der Waals surface area contributed by atoms with E-state index < -0.39 is 0 Å². The van der Waals surface area contributed by atoms with Gasteiger partial charge in [0.15, 0.2) is 0 Å². The molecule has 0 spiro atoms. The Morgan fingerprint density at radius 3 is 2.63 bits per heavy atom. The Labute approximate surface area is 113 Å². The second kappa shape index (κ2) is 4.12. The Bertz CT molecular complexity index is 610. The fraction of sp³-hybridized carbons (Fsp3) is 0.438. The van der Waals surface area contributed by atoms with Crippen LogP contribution in [-0.2, 0) is 0 Å². The van der Waals surface area contributed by atoms with Crippen LogP contribution in [-0.4, -0.2) is 18.1 Å². The Balaban J connectivity index is 1.66. The van der Waals surface area contributed by atoms with E-state index in [9.17, 15) is 0 Å². The summed E-state index contributed by atoms with van der Waals surface area (Å²) in [6, 6.07) is 10.2. The lowest BCUT2D eigenvalue weighted by atomic mass is 10.0. The van der Waals surface area contributed by atoms with Gasteiger partial charge in [-0.1, -0.05) is 6.42 Å². The van der Waals surface area contributed by atoms with Gasteiger partial charge in [0.05, 0.1) is 5.52 Å². The lowest BCUT2D eigenvalue weighted by Crippen LogP contribution is -2.21. The quantitative estimate of drug-likeness (QED) is 0.794. The second-order valence-corrected chi connectivity index (χ2v) is 5.98. The summed E-state index contributed by atoms with van der Waals surface area (Å²) in [6.45, 7) is 2.39. The molecule has 2 heterocycles.